The molecule has 1 aromatic heterocycles. The molecule has 2 atom stereocenters. The maximum Gasteiger partial charge on any atom is 0.262 e. The molecule has 3 heterocycles. The lowest BCUT2D eigenvalue weighted by Gasteiger charge is -2.35. The molecule has 2 aliphatic heterocycles. The summed E-state index contributed by atoms with van der Waals surface area (Å²) in [7, 11) is -3.45. The summed E-state index contributed by atoms with van der Waals surface area (Å²) in [6, 6.07) is 0.269. The van der Waals surface area contributed by atoms with Gasteiger partial charge in [-0.2, -0.15) is 4.31 Å². The smallest absolute Gasteiger partial charge is 0.262 e. The van der Waals surface area contributed by atoms with Crippen LogP contribution < -0.4 is 0 Å². The summed E-state index contributed by atoms with van der Waals surface area (Å²) in [4.78, 5) is 4.71. The lowest BCUT2D eigenvalue weighted by molar-refractivity contribution is 0.254. The monoisotopic (exact) mass is 361 g/mol. The zero-order valence-corrected chi connectivity index (χ0v) is 14.2. The lowest BCUT2D eigenvalue weighted by atomic mass is 10.1. The Hall–Kier alpha value is -0.400. The van der Waals surface area contributed by atoms with Crippen molar-refractivity contribution in [3.05, 3.63) is 12.0 Å². The third kappa shape index (κ3) is 2.23. The van der Waals surface area contributed by atoms with Gasteiger partial charge in [0.05, 0.1) is 0 Å². The molecule has 2 bridgehead atoms. The Kier molecular flexibility index (Phi) is 3.71. The summed E-state index contributed by atoms with van der Waals surface area (Å²) in [5.41, 5.74) is 0. The van der Waals surface area contributed by atoms with E-state index in [1.54, 1.807) is 10.5 Å². The SMILES string of the molecule is CCn1cc(S(=O)(=O)N2C3CCC2CC(Br)C3)nc1C. The summed E-state index contributed by atoms with van der Waals surface area (Å²) in [5.74, 6) is 0.758. The fraction of sp³-hybridized carbons (Fsp3) is 0.769. The molecule has 7 heteroatoms. The fourth-order valence-electron chi connectivity index (χ4n) is 3.49. The molecule has 0 saturated carbocycles. The Labute approximate surface area is 128 Å². The molecule has 0 amide bonds. The van der Waals surface area contributed by atoms with Crippen LogP contribution in [0.25, 0.3) is 0 Å². The summed E-state index contributed by atoms with van der Waals surface area (Å²) in [5, 5.41) is 0.210. The molecule has 0 N–H and O–H groups in total. The van der Waals surface area contributed by atoms with E-state index in [1.807, 2.05) is 18.4 Å². The first kappa shape index (κ1) is 14.5. The van der Waals surface area contributed by atoms with Gasteiger partial charge in [0.2, 0.25) is 0 Å². The van der Waals surface area contributed by atoms with Crippen molar-refractivity contribution in [2.45, 2.75) is 68.0 Å². The molecule has 112 valence electrons. The number of rotatable bonds is 3. The molecule has 0 spiro atoms. The van der Waals surface area contributed by atoms with Crippen LogP contribution in [-0.4, -0.2) is 39.2 Å². The highest BCUT2D eigenvalue weighted by Crippen LogP contribution is 2.41. The van der Waals surface area contributed by atoms with E-state index in [0.29, 0.717) is 4.83 Å². The van der Waals surface area contributed by atoms with Crippen molar-refractivity contribution in [2.75, 3.05) is 0 Å². The average molecular weight is 362 g/mol. The Morgan fingerprint density at radius 3 is 2.45 bits per heavy atom. The number of aromatic nitrogens is 2. The van der Waals surface area contributed by atoms with E-state index in [1.165, 1.54) is 0 Å². The molecule has 20 heavy (non-hydrogen) atoms. The first-order chi connectivity index (χ1) is 9.43. The van der Waals surface area contributed by atoms with Crippen LogP contribution >= 0.6 is 15.9 Å². The number of alkyl halides is 1. The van der Waals surface area contributed by atoms with Crippen molar-refractivity contribution in [3.63, 3.8) is 0 Å². The van der Waals surface area contributed by atoms with Gasteiger partial charge in [0, 0.05) is 29.7 Å². The Morgan fingerprint density at radius 2 is 1.95 bits per heavy atom. The maximum absolute atomic E-state index is 12.9. The minimum Gasteiger partial charge on any atom is -0.334 e. The van der Waals surface area contributed by atoms with Crippen molar-refractivity contribution >= 4 is 26.0 Å². The molecular formula is C13H20BrN3O2S. The number of hydrogen-bond acceptors (Lipinski definition) is 3. The number of fused-ring (bicyclic) bond motifs is 2. The number of halogens is 1. The van der Waals surface area contributed by atoms with Crippen LogP contribution in [0, 0.1) is 6.92 Å². The van der Waals surface area contributed by atoms with E-state index in [0.717, 1.165) is 38.1 Å². The number of nitrogens with zero attached hydrogens (tertiary/aromatic N) is 3. The highest BCUT2D eigenvalue weighted by Gasteiger charge is 2.47. The van der Waals surface area contributed by atoms with Crippen LogP contribution in [0.15, 0.2) is 11.2 Å². The van der Waals surface area contributed by atoms with Crippen molar-refractivity contribution in [1.82, 2.24) is 13.9 Å². The van der Waals surface area contributed by atoms with Gasteiger partial charge in [-0.3, -0.25) is 0 Å². The van der Waals surface area contributed by atoms with Crippen LogP contribution in [0.5, 0.6) is 0 Å². The van der Waals surface area contributed by atoms with Crippen LogP contribution in [0.2, 0.25) is 0 Å². The average Bonchev–Trinajstić information content (AvgIpc) is 2.89. The molecule has 0 aliphatic carbocycles. The number of piperidine rings is 1. The number of aryl methyl sites for hydroxylation is 2. The first-order valence-corrected chi connectivity index (χ1v) is 9.50. The van der Waals surface area contributed by atoms with E-state index < -0.39 is 10.0 Å². The molecule has 5 nitrogen and oxygen atoms in total. The second kappa shape index (κ2) is 5.10. The lowest BCUT2D eigenvalue weighted by Crippen LogP contribution is -2.46. The Balaban J connectivity index is 1.96. The van der Waals surface area contributed by atoms with E-state index in [2.05, 4.69) is 20.9 Å². The molecule has 0 aromatic carbocycles. The minimum absolute atomic E-state index is 0.134. The van der Waals surface area contributed by atoms with Crippen molar-refractivity contribution in [3.8, 4) is 0 Å². The van der Waals surface area contributed by atoms with Crippen molar-refractivity contribution in [2.24, 2.45) is 0 Å². The first-order valence-electron chi connectivity index (χ1n) is 7.15. The zero-order chi connectivity index (χ0) is 14.5. The third-order valence-corrected chi connectivity index (χ3v) is 7.07. The maximum atomic E-state index is 12.9. The summed E-state index contributed by atoms with van der Waals surface area (Å²) >= 11 is 3.65. The third-order valence-electron chi connectivity index (χ3n) is 4.45. The molecule has 2 saturated heterocycles. The van der Waals surface area contributed by atoms with Crippen LogP contribution in [0.3, 0.4) is 0 Å². The van der Waals surface area contributed by atoms with E-state index in [4.69, 9.17) is 0 Å². The highest BCUT2D eigenvalue weighted by atomic mass is 79.9. The van der Waals surface area contributed by atoms with Gasteiger partial charge in [-0.25, -0.2) is 13.4 Å². The van der Waals surface area contributed by atoms with E-state index in [9.17, 15) is 8.42 Å². The normalized spacial score (nSPS) is 30.9. The van der Waals surface area contributed by atoms with Gasteiger partial charge in [0.25, 0.3) is 10.0 Å². The van der Waals surface area contributed by atoms with E-state index >= 15 is 0 Å². The Morgan fingerprint density at radius 1 is 1.35 bits per heavy atom. The molecule has 3 rings (SSSR count). The zero-order valence-electron chi connectivity index (χ0n) is 11.8. The Bertz CT molecular complexity index is 599. The topological polar surface area (TPSA) is 55.2 Å². The largest absolute Gasteiger partial charge is 0.334 e. The standard InChI is InChI=1S/C13H20BrN3O2S/c1-3-16-8-13(15-9(16)2)20(18,19)17-11-4-5-12(17)7-10(14)6-11/h8,10-12H,3-7H2,1-2H3. The van der Waals surface area contributed by atoms with Crippen LogP contribution in [0.1, 0.15) is 38.4 Å². The highest BCUT2D eigenvalue weighted by molar-refractivity contribution is 9.09. The number of sulfonamides is 1. The molecule has 1 aromatic rings. The van der Waals surface area contributed by atoms with Gasteiger partial charge in [0.15, 0.2) is 5.03 Å². The summed E-state index contributed by atoms with van der Waals surface area (Å²) in [6.07, 6.45) is 5.43. The molecule has 2 fully saturated rings. The molecule has 2 unspecified atom stereocenters. The fourth-order valence-corrected chi connectivity index (χ4v) is 6.25. The summed E-state index contributed by atoms with van der Waals surface area (Å²) in [6.45, 7) is 4.58. The van der Waals surface area contributed by atoms with Gasteiger partial charge < -0.3 is 4.57 Å². The molecule has 2 aliphatic rings. The predicted molar refractivity (Wildman–Crippen MR) is 80.4 cm³/mol. The van der Waals surface area contributed by atoms with Crippen molar-refractivity contribution in [1.29, 1.82) is 0 Å². The van der Waals surface area contributed by atoms with E-state index in [-0.39, 0.29) is 17.1 Å². The second-order valence-electron chi connectivity index (χ2n) is 5.70. The second-order valence-corrected chi connectivity index (χ2v) is 8.79. The minimum atomic E-state index is -3.45. The predicted octanol–water partition coefficient (Wildman–Crippen LogP) is 2.29. The molecule has 0 radical (unpaired) electrons. The quantitative estimate of drug-likeness (QED) is 0.776. The van der Waals surface area contributed by atoms with Gasteiger partial charge >= 0.3 is 0 Å². The van der Waals surface area contributed by atoms with Crippen LogP contribution in [0.4, 0.5) is 0 Å². The van der Waals surface area contributed by atoms with Gasteiger partial charge in [-0.05, 0) is 39.5 Å². The number of hydrogen-bond donors (Lipinski definition) is 0. The van der Waals surface area contributed by atoms with Crippen LogP contribution in [-0.2, 0) is 16.6 Å². The van der Waals surface area contributed by atoms with Gasteiger partial charge in [-0.1, -0.05) is 15.9 Å². The summed E-state index contributed by atoms with van der Waals surface area (Å²) < 4.78 is 29.4. The van der Waals surface area contributed by atoms with Gasteiger partial charge in [-0.15, -0.1) is 0 Å². The van der Waals surface area contributed by atoms with Gasteiger partial charge in [0.1, 0.15) is 5.82 Å². The van der Waals surface area contributed by atoms with Crippen molar-refractivity contribution < 1.29 is 8.42 Å². The number of imidazole rings is 1. The molecular weight excluding hydrogens is 342 g/mol.